The van der Waals surface area contributed by atoms with Gasteiger partial charge in [-0.3, -0.25) is 4.99 Å². The fourth-order valence-corrected chi connectivity index (χ4v) is 1.39. The average Bonchev–Trinajstić information content (AvgIpc) is 2.16. The number of hydrogen-bond acceptors (Lipinski definition) is 4. The number of rotatable bonds is 8. The second-order valence-electron chi connectivity index (χ2n) is 3.21. The van der Waals surface area contributed by atoms with Crippen LogP contribution < -0.4 is 15.8 Å². The highest BCUT2D eigenvalue weighted by atomic mass is 127. The lowest BCUT2D eigenvalue weighted by molar-refractivity contribution is 0.204. The molecule has 0 aromatic carbocycles. The number of ether oxygens (including phenoxy) is 1. The van der Waals surface area contributed by atoms with Crippen molar-refractivity contribution in [3.8, 4) is 0 Å². The zero-order valence-corrected chi connectivity index (χ0v) is 13.2. The van der Waals surface area contributed by atoms with E-state index in [0.717, 1.165) is 6.26 Å². The number of aliphatic imine (C=N–C) groups is 1. The molecule has 9 heteroatoms. The molecule has 0 saturated heterocycles. The van der Waals surface area contributed by atoms with E-state index in [4.69, 9.17) is 10.5 Å². The molecular weight excluding hydrogens is 359 g/mol. The molecule has 17 heavy (non-hydrogen) atoms. The predicted molar refractivity (Wildman–Crippen MR) is 79.2 cm³/mol. The molecule has 0 aliphatic heterocycles. The van der Waals surface area contributed by atoms with Crippen LogP contribution in [0.4, 0.5) is 0 Å². The molecule has 4 N–H and O–H groups in total. The molecule has 0 radical (unpaired) electrons. The van der Waals surface area contributed by atoms with Gasteiger partial charge in [-0.15, -0.1) is 24.0 Å². The lowest BCUT2D eigenvalue weighted by Crippen LogP contribution is -2.34. The van der Waals surface area contributed by atoms with Gasteiger partial charge in [0, 0.05) is 26.7 Å². The largest absolute Gasteiger partial charge is 0.383 e. The zero-order chi connectivity index (χ0) is 12.4. The van der Waals surface area contributed by atoms with E-state index in [-0.39, 0.29) is 24.0 Å². The molecule has 0 aromatic rings. The van der Waals surface area contributed by atoms with E-state index in [1.54, 1.807) is 7.11 Å². The first-order chi connectivity index (χ1) is 7.45. The summed E-state index contributed by atoms with van der Waals surface area (Å²) in [7, 11) is -1.50. The van der Waals surface area contributed by atoms with Crippen LogP contribution in [0.25, 0.3) is 0 Å². The Morgan fingerprint density at radius 1 is 1.41 bits per heavy atom. The number of halogens is 1. The van der Waals surface area contributed by atoms with Crippen LogP contribution in [0.5, 0.6) is 0 Å². The third kappa shape index (κ3) is 15.9. The van der Waals surface area contributed by atoms with Crippen molar-refractivity contribution in [2.24, 2.45) is 10.7 Å². The Morgan fingerprint density at radius 2 is 2.06 bits per heavy atom. The third-order valence-electron chi connectivity index (χ3n) is 1.59. The van der Waals surface area contributed by atoms with Crippen molar-refractivity contribution in [1.82, 2.24) is 10.0 Å². The summed E-state index contributed by atoms with van der Waals surface area (Å²) in [6, 6.07) is 0. The van der Waals surface area contributed by atoms with Crippen LogP contribution in [-0.2, 0) is 14.8 Å². The van der Waals surface area contributed by atoms with Gasteiger partial charge in [-0.2, -0.15) is 0 Å². The van der Waals surface area contributed by atoms with E-state index in [0.29, 0.717) is 38.6 Å². The minimum Gasteiger partial charge on any atom is -0.383 e. The van der Waals surface area contributed by atoms with Gasteiger partial charge in [0.2, 0.25) is 10.0 Å². The first-order valence-electron chi connectivity index (χ1n) is 4.93. The van der Waals surface area contributed by atoms with E-state index < -0.39 is 10.0 Å². The maximum Gasteiger partial charge on any atom is 0.208 e. The Balaban J connectivity index is 0. The number of hydrogen-bond donors (Lipinski definition) is 3. The summed E-state index contributed by atoms with van der Waals surface area (Å²) in [4.78, 5) is 4.01. The maximum absolute atomic E-state index is 10.7. The molecule has 0 spiro atoms. The lowest BCUT2D eigenvalue weighted by atomic mass is 10.4. The topological polar surface area (TPSA) is 106 Å². The van der Waals surface area contributed by atoms with Crippen molar-refractivity contribution in [2.45, 2.75) is 6.42 Å². The minimum absolute atomic E-state index is 0. The van der Waals surface area contributed by atoms with Crippen LogP contribution in [-0.4, -0.2) is 54.0 Å². The molecule has 0 aliphatic rings. The van der Waals surface area contributed by atoms with E-state index >= 15 is 0 Å². The molecule has 0 aromatic heterocycles. The van der Waals surface area contributed by atoms with Crippen LogP contribution in [0.2, 0.25) is 0 Å². The minimum atomic E-state index is -3.10. The highest BCUT2D eigenvalue weighted by Gasteiger charge is 1.98. The number of nitrogens with one attached hydrogen (secondary N) is 2. The standard InChI is InChI=1S/C8H20N4O3S.HI/c1-15-7-6-11-8(9)10-4-3-5-12-16(2,13)14;/h12H,3-7H2,1-2H3,(H3,9,10,11);1H. The third-order valence-corrected chi connectivity index (χ3v) is 2.32. The van der Waals surface area contributed by atoms with Crippen molar-refractivity contribution in [3.05, 3.63) is 0 Å². The van der Waals surface area contributed by atoms with Gasteiger partial charge in [-0.1, -0.05) is 0 Å². The lowest BCUT2D eigenvalue weighted by Gasteiger charge is -2.04. The summed E-state index contributed by atoms with van der Waals surface area (Å²) in [6.07, 6.45) is 1.73. The first kappa shape index (κ1) is 19.2. The number of sulfonamides is 1. The van der Waals surface area contributed by atoms with Gasteiger partial charge in [-0.25, -0.2) is 13.1 Å². The van der Waals surface area contributed by atoms with E-state index in [2.05, 4.69) is 15.0 Å². The van der Waals surface area contributed by atoms with Crippen LogP contribution in [0.15, 0.2) is 4.99 Å². The Labute approximate surface area is 120 Å². The van der Waals surface area contributed by atoms with Gasteiger partial charge in [0.1, 0.15) is 0 Å². The number of guanidine groups is 1. The summed E-state index contributed by atoms with van der Waals surface area (Å²) in [5, 5.41) is 2.85. The van der Waals surface area contributed by atoms with Gasteiger partial charge < -0.3 is 15.8 Å². The molecule has 0 saturated carbocycles. The first-order valence-corrected chi connectivity index (χ1v) is 6.82. The molecule has 0 fully saturated rings. The summed E-state index contributed by atoms with van der Waals surface area (Å²) in [6.45, 7) is 2.02. The van der Waals surface area contributed by atoms with Crippen molar-refractivity contribution in [1.29, 1.82) is 0 Å². The smallest absolute Gasteiger partial charge is 0.208 e. The molecule has 0 rings (SSSR count). The fourth-order valence-electron chi connectivity index (χ4n) is 0.873. The van der Waals surface area contributed by atoms with E-state index in [1.807, 2.05) is 0 Å². The molecule has 7 nitrogen and oxygen atoms in total. The quantitative estimate of drug-likeness (QED) is 0.219. The average molecular weight is 380 g/mol. The molecule has 0 atom stereocenters. The number of nitrogens with zero attached hydrogens (tertiary/aromatic N) is 1. The zero-order valence-electron chi connectivity index (χ0n) is 10.1. The van der Waals surface area contributed by atoms with Crippen LogP contribution >= 0.6 is 24.0 Å². The Bertz CT molecular complexity index is 308. The van der Waals surface area contributed by atoms with Crippen LogP contribution in [0.1, 0.15) is 6.42 Å². The SMILES string of the molecule is COCCNC(N)=NCCCNS(C)(=O)=O.I. The van der Waals surface area contributed by atoms with Crippen molar-refractivity contribution < 1.29 is 13.2 Å². The molecule has 0 bridgehead atoms. The Kier molecular flexibility index (Phi) is 12.4. The van der Waals surface area contributed by atoms with Crippen molar-refractivity contribution in [2.75, 3.05) is 39.6 Å². The van der Waals surface area contributed by atoms with Crippen LogP contribution in [0, 0.1) is 0 Å². The van der Waals surface area contributed by atoms with Gasteiger partial charge in [-0.05, 0) is 6.42 Å². The molecule has 0 aliphatic carbocycles. The second-order valence-corrected chi connectivity index (χ2v) is 5.04. The van der Waals surface area contributed by atoms with Crippen molar-refractivity contribution in [3.63, 3.8) is 0 Å². The maximum atomic E-state index is 10.7. The van der Waals surface area contributed by atoms with Crippen LogP contribution in [0.3, 0.4) is 0 Å². The normalized spacial score (nSPS) is 12.0. The summed E-state index contributed by atoms with van der Waals surface area (Å²) >= 11 is 0. The number of methoxy groups -OCH3 is 1. The van der Waals surface area contributed by atoms with E-state index in [1.165, 1.54) is 0 Å². The molecule has 0 heterocycles. The summed E-state index contributed by atoms with van der Waals surface area (Å²) in [5.41, 5.74) is 5.53. The summed E-state index contributed by atoms with van der Waals surface area (Å²) in [5.74, 6) is 0.344. The fraction of sp³-hybridized carbons (Fsp3) is 0.875. The van der Waals surface area contributed by atoms with Gasteiger partial charge in [0.15, 0.2) is 5.96 Å². The monoisotopic (exact) mass is 380 g/mol. The summed E-state index contributed by atoms with van der Waals surface area (Å²) < 4.78 is 28.6. The Morgan fingerprint density at radius 3 is 2.59 bits per heavy atom. The second kappa shape index (κ2) is 11.0. The molecule has 0 unspecified atom stereocenters. The highest BCUT2D eigenvalue weighted by molar-refractivity contribution is 14.0. The predicted octanol–water partition coefficient (Wildman–Crippen LogP) is -0.906. The van der Waals surface area contributed by atoms with Gasteiger partial charge in [0.05, 0.1) is 12.9 Å². The molecule has 0 amide bonds. The van der Waals surface area contributed by atoms with Gasteiger partial charge in [0.25, 0.3) is 0 Å². The molecular formula is C8H21IN4O3S. The highest BCUT2D eigenvalue weighted by Crippen LogP contribution is 1.81. The number of nitrogens with two attached hydrogens (primary N) is 1. The molecule has 104 valence electrons. The van der Waals surface area contributed by atoms with Gasteiger partial charge >= 0.3 is 0 Å². The Hall–Kier alpha value is -0.130. The van der Waals surface area contributed by atoms with E-state index in [9.17, 15) is 8.42 Å². The van der Waals surface area contributed by atoms with Crippen molar-refractivity contribution >= 4 is 40.0 Å².